The molecule has 0 saturated heterocycles. The lowest BCUT2D eigenvalue weighted by Gasteiger charge is -2.28. The SMILES string of the molecule is CS(=O)(=O)N1CCc2c(N)nn(C(=O)C3CCNc4ccc(F)cc43)c2C1. The average molecular weight is 393 g/mol. The van der Waals surface area contributed by atoms with Gasteiger partial charge in [-0.3, -0.25) is 4.79 Å². The van der Waals surface area contributed by atoms with E-state index in [-0.39, 0.29) is 18.3 Å². The van der Waals surface area contributed by atoms with E-state index in [1.54, 1.807) is 6.07 Å². The van der Waals surface area contributed by atoms with E-state index in [1.165, 1.54) is 21.1 Å². The highest BCUT2D eigenvalue weighted by Crippen LogP contribution is 2.35. The molecular formula is C17H20FN5O3S. The van der Waals surface area contributed by atoms with Crippen LogP contribution in [0.5, 0.6) is 0 Å². The van der Waals surface area contributed by atoms with Gasteiger partial charge in [0, 0.05) is 24.3 Å². The standard InChI is InChI=1S/C17H20FN5O3S/c1-27(25,26)22-7-5-12-15(9-22)23(21-16(12)19)17(24)11-4-6-20-14-3-2-10(18)8-13(11)14/h2-3,8,11,20H,4-7,9H2,1H3,(H2,19,21). The van der Waals surface area contributed by atoms with Gasteiger partial charge in [-0.05, 0) is 36.6 Å². The zero-order chi connectivity index (χ0) is 19.3. The molecule has 0 bridgehead atoms. The predicted octanol–water partition coefficient (Wildman–Crippen LogP) is 1.16. The smallest absolute Gasteiger partial charge is 0.254 e. The number of nitrogens with zero attached hydrogens (tertiary/aromatic N) is 3. The molecule has 0 fully saturated rings. The highest BCUT2D eigenvalue weighted by Gasteiger charge is 2.34. The Labute approximate surface area is 156 Å². The summed E-state index contributed by atoms with van der Waals surface area (Å²) < 4.78 is 40.1. The van der Waals surface area contributed by atoms with E-state index in [4.69, 9.17) is 5.73 Å². The van der Waals surface area contributed by atoms with E-state index in [9.17, 15) is 17.6 Å². The van der Waals surface area contributed by atoms with Crippen molar-refractivity contribution in [3.8, 4) is 0 Å². The molecule has 2 aromatic rings. The number of aromatic nitrogens is 2. The molecule has 144 valence electrons. The second-order valence-electron chi connectivity index (χ2n) is 6.91. The number of nitrogen functional groups attached to an aromatic ring is 1. The first-order valence-electron chi connectivity index (χ1n) is 8.64. The van der Waals surface area contributed by atoms with Gasteiger partial charge in [-0.1, -0.05) is 0 Å². The molecule has 8 nitrogen and oxygen atoms in total. The summed E-state index contributed by atoms with van der Waals surface area (Å²) in [6.07, 6.45) is 2.02. The van der Waals surface area contributed by atoms with Crippen molar-refractivity contribution in [1.82, 2.24) is 14.1 Å². The summed E-state index contributed by atoms with van der Waals surface area (Å²) in [6, 6.07) is 4.31. The van der Waals surface area contributed by atoms with Crippen LogP contribution in [0.25, 0.3) is 0 Å². The van der Waals surface area contributed by atoms with Crippen LogP contribution in [0.3, 0.4) is 0 Å². The number of carbonyl (C=O) groups is 1. The lowest BCUT2D eigenvalue weighted by molar-refractivity contribution is 0.0850. The van der Waals surface area contributed by atoms with Crippen molar-refractivity contribution in [2.75, 3.05) is 30.4 Å². The molecule has 3 N–H and O–H groups in total. The molecule has 4 rings (SSSR count). The van der Waals surface area contributed by atoms with Crippen LogP contribution in [0.15, 0.2) is 18.2 Å². The average Bonchev–Trinajstić information content (AvgIpc) is 2.96. The monoisotopic (exact) mass is 393 g/mol. The second-order valence-corrected chi connectivity index (χ2v) is 8.89. The van der Waals surface area contributed by atoms with Gasteiger partial charge >= 0.3 is 0 Å². The maximum absolute atomic E-state index is 13.7. The molecule has 27 heavy (non-hydrogen) atoms. The van der Waals surface area contributed by atoms with E-state index in [2.05, 4.69) is 10.4 Å². The number of hydrogen-bond acceptors (Lipinski definition) is 6. The first-order chi connectivity index (χ1) is 12.8. The Kier molecular flexibility index (Phi) is 4.19. The van der Waals surface area contributed by atoms with Crippen molar-refractivity contribution < 1.29 is 17.6 Å². The van der Waals surface area contributed by atoms with Gasteiger partial charge in [0.05, 0.1) is 24.4 Å². The zero-order valence-corrected chi connectivity index (χ0v) is 15.6. The van der Waals surface area contributed by atoms with Crippen molar-refractivity contribution >= 4 is 27.4 Å². The first kappa shape index (κ1) is 17.9. The minimum absolute atomic E-state index is 0.0467. The Balaban J connectivity index is 1.74. The molecule has 1 aromatic carbocycles. The summed E-state index contributed by atoms with van der Waals surface area (Å²) in [5.41, 5.74) is 8.46. The number of halogens is 1. The van der Waals surface area contributed by atoms with E-state index < -0.39 is 21.8 Å². The molecule has 1 unspecified atom stereocenters. The van der Waals surface area contributed by atoms with E-state index in [0.717, 1.165) is 6.26 Å². The van der Waals surface area contributed by atoms with Crippen molar-refractivity contribution in [2.45, 2.75) is 25.3 Å². The number of rotatable bonds is 2. The molecule has 2 aliphatic rings. The molecule has 3 heterocycles. The Hall–Kier alpha value is -2.46. The topological polar surface area (TPSA) is 110 Å². The third kappa shape index (κ3) is 3.08. The fraction of sp³-hybridized carbons (Fsp3) is 0.412. The Morgan fingerprint density at radius 1 is 1.41 bits per heavy atom. The second kappa shape index (κ2) is 6.31. The van der Waals surface area contributed by atoms with Crippen molar-refractivity contribution in [2.24, 2.45) is 0 Å². The number of benzene rings is 1. The molecular weight excluding hydrogens is 373 g/mol. The van der Waals surface area contributed by atoms with Crippen LogP contribution in [0, 0.1) is 5.82 Å². The van der Waals surface area contributed by atoms with Crippen LogP contribution >= 0.6 is 0 Å². The van der Waals surface area contributed by atoms with Crippen molar-refractivity contribution in [3.05, 3.63) is 40.8 Å². The molecule has 1 atom stereocenters. The Morgan fingerprint density at radius 3 is 2.93 bits per heavy atom. The molecule has 2 aliphatic heterocycles. The van der Waals surface area contributed by atoms with Crippen molar-refractivity contribution in [1.29, 1.82) is 0 Å². The van der Waals surface area contributed by atoms with Gasteiger partial charge in [0.25, 0.3) is 5.91 Å². The van der Waals surface area contributed by atoms with Crippen LogP contribution in [0.4, 0.5) is 15.9 Å². The number of hydrogen-bond donors (Lipinski definition) is 2. The quantitative estimate of drug-likeness (QED) is 0.792. The van der Waals surface area contributed by atoms with E-state index in [0.29, 0.717) is 48.4 Å². The lowest BCUT2D eigenvalue weighted by Crippen LogP contribution is -2.37. The number of carbonyl (C=O) groups excluding carboxylic acids is 1. The molecule has 0 radical (unpaired) electrons. The Bertz CT molecular complexity index is 1030. The van der Waals surface area contributed by atoms with Gasteiger partial charge in [-0.2, -0.15) is 4.31 Å². The van der Waals surface area contributed by atoms with Gasteiger partial charge in [0.15, 0.2) is 0 Å². The van der Waals surface area contributed by atoms with Crippen LogP contribution in [-0.4, -0.2) is 47.8 Å². The van der Waals surface area contributed by atoms with Gasteiger partial charge in [0.2, 0.25) is 10.0 Å². The third-order valence-corrected chi connectivity index (χ3v) is 6.42. The highest BCUT2D eigenvalue weighted by atomic mass is 32.2. The zero-order valence-electron chi connectivity index (χ0n) is 14.8. The fourth-order valence-corrected chi connectivity index (χ4v) is 4.56. The number of nitrogens with one attached hydrogen (secondary N) is 1. The largest absolute Gasteiger partial charge is 0.385 e. The molecule has 0 spiro atoms. The summed E-state index contributed by atoms with van der Waals surface area (Å²) >= 11 is 0. The molecule has 10 heteroatoms. The van der Waals surface area contributed by atoms with Gasteiger partial charge in [0.1, 0.15) is 11.6 Å². The van der Waals surface area contributed by atoms with Crippen LogP contribution in [-0.2, 0) is 23.0 Å². The lowest BCUT2D eigenvalue weighted by atomic mass is 9.90. The predicted molar refractivity (Wildman–Crippen MR) is 98.5 cm³/mol. The minimum atomic E-state index is -3.40. The van der Waals surface area contributed by atoms with Gasteiger partial charge < -0.3 is 11.1 Å². The normalized spacial score (nSPS) is 19.9. The summed E-state index contributed by atoms with van der Waals surface area (Å²) in [5, 5.41) is 7.35. The summed E-state index contributed by atoms with van der Waals surface area (Å²) in [4.78, 5) is 13.2. The summed E-state index contributed by atoms with van der Waals surface area (Å²) in [5.74, 6) is -1.08. The number of anilines is 2. The summed E-state index contributed by atoms with van der Waals surface area (Å²) in [7, 11) is -3.40. The summed E-state index contributed by atoms with van der Waals surface area (Å²) in [6.45, 7) is 0.922. The number of nitrogens with two attached hydrogens (primary N) is 1. The Morgan fingerprint density at radius 2 is 2.19 bits per heavy atom. The number of sulfonamides is 1. The first-order valence-corrected chi connectivity index (χ1v) is 10.5. The van der Waals surface area contributed by atoms with E-state index >= 15 is 0 Å². The van der Waals surface area contributed by atoms with Crippen LogP contribution in [0.2, 0.25) is 0 Å². The molecule has 0 amide bonds. The van der Waals surface area contributed by atoms with Crippen molar-refractivity contribution in [3.63, 3.8) is 0 Å². The maximum atomic E-state index is 13.7. The van der Waals surface area contributed by atoms with Crippen LogP contribution < -0.4 is 11.1 Å². The third-order valence-electron chi connectivity index (χ3n) is 5.17. The van der Waals surface area contributed by atoms with Crippen LogP contribution in [0.1, 0.15) is 34.0 Å². The maximum Gasteiger partial charge on any atom is 0.254 e. The van der Waals surface area contributed by atoms with Gasteiger partial charge in [-0.25, -0.2) is 17.5 Å². The minimum Gasteiger partial charge on any atom is -0.385 e. The molecule has 1 aromatic heterocycles. The van der Waals surface area contributed by atoms with E-state index in [1.807, 2.05) is 0 Å². The molecule has 0 aliphatic carbocycles. The van der Waals surface area contributed by atoms with Gasteiger partial charge in [-0.15, -0.1) is 5.10 Å². The molecule has 0 saturated carbocycles. The number of fused-ring (bicyclic) bond motifs is 2. The fourth-order valence-electron chi connectivity index (χ4n) is 3.78. The highest BCUT2D eigenvalue weighted by molar-refractivity contribution is 7.88.